The second-order valence-electron chi connectivity index (χ2n) is 10.1. The number of rotatable bonds is 6. The van der Waals surface area contributed by atoms with Gasteiger partial charge in [0.2, 0.25) is 11.8 Å². The summed E-state index contributed by atoms with van der Waals surface area (Å²) in [6.07, 6.45) is 8.39. The van der Waals surface area contributed by atoms with Crippen molar-refractivity contribution in [1.82, 2.24) is 14.9 Å². The van der Waals surface area contributed by atoms with Crippen molar-refractivity contribution in [2.45, 2.75) is 70.3 Å². The largest absolute Gasteiger partial charge is 0.474 e. The molecule has 0 spiro atoms. The number of morpholine rings is 1. The zero-order valence-electron chi connectivity index (χ0n) is 20.9. The van der Waals surface area contributed by atoms with Crippen molar-refractivity contribution in [3.05, 3.63) is 22.3 Å². The van der Waals surface area contributed by atoms with E-state index in [-0.39, 0.29) is 11.7 Å². The topological polar surface area (TPSA) is 107 Å². The Labute approximate surface area is 210 Å². The van der Waals surface area contributed by atoms with Crippen molar-refractivity contribution < 1.29 is 14.2 Å². The average molecular weight is 501 g/mol. The van der Waals surface area contributed by atoms with Gasteiger partial charge in [-0.3, -0.25) is 9.89 Å². The molecule has 3 N–H and O–H groups in total. The number of nitrogens with one attached hydrogen (secondary N) is 1. The van der Waals surface area contributed by atoms with E-state index in [4.69, 9.17) is 29.9 Å². The summed E-state index contributed by atoms with van der Waals surface area (Å²) in [5.41, 5.74) is 7.43. The molecule has 2 aromatic rings. The lowest BCUT2D eigenvalue weighted by atomic mass is 9.91. The first-order valence-electron chi connectivity index (χ1n) is 12.5. The molecule has 3 aliphatic rings. The van der Waals surface area contributed by atoms with Crippen LogP contribution in [0.25, 0.3) is 10.2 Å². The van der Waals surface area contributed by atoms with Gasteiger partial charge in [0.25, 0.3) is 0 Å². The maximum absolute atomic E-state index is 6.66. The van der Waals surface area contributed by atoms with Gasteiger partial charge in [-0.1, -0.05) is 0 Å². The van der Waals surface area contributed by atoms with E-state index in [1.807, 2.05) is 0 Å². The van der Waals surface area contributed by atoms with Crippen molar-refractivity contribution in [3.8, 4) is 5.88 Å². The summed E-state index contributed by atoms with van der Waals surface area (Å²) in [6.45, 7) is 8.61. The summed E-state index contributed by atoms with van der Waals surface area (Å²) < 4.78 is 18.3. The maximum atomic E-state index is 6.66. The Morgan fingerprint density at radius 1 is 1.23 bits per heavy atom. The highest BCUT2D eigenvalue weighted by molar-refractivity contribution is 7.18. The van der Waals surface area contributed by atoms with E-state index >= 15 is 0 Å². The van der Waals surface area contributed by atoms with Gasteiger partial charge in [0.15, 0.2) is 0 Å². The van der Waals surface area contributed by atoms with Crippen LogP contribution < -0.4 is 15.8 Å². The zero-order chi connectivity index (χ0) is 24.4. The third-order valence-electron chi connectivity index (χ3n) is 7.09. The van der Waals surface area contributed by atoms with Crippen molar-refractivity contribution in [2.75, 3.05) is 38.7 Å². The van der Waals surface area contributed by atoms with Crippen LogP contribution in [-0.4, -0.2) is 72.2 Å². The van der Waals surface area contributed by atoms with Gasteiger partial charge >= 0.3 is 0 Å². The Bertz CT molecular complexity index is 1100. The number of hydrogen-bond acceptors (Lipinski definition) is 10. The van der Waals surface area contributed by atoms with Gasteiger partial charge in [0, 0.05) is 49.9 Å². The SMILES string of the molecule is CN=C/C(=C\N)Nc1nc(OC2CCC(N3CCOCC3)CC2)c2c3c(sc2n1)COC(C)(C)C3. The molecule has 0 atom stereocenters. The monoisotopic (exact) mass is 500 g/mol. The Morgan fingerprint density at radius 2 is 2.00 bits per heavy atom. The van der Waals surface area contributed by atoms with Gasteiger partial charge in [-0.2, -0.15) is 4.98 Å². The van der Waals surface area contributed by atoms with Crippen LogP contribution in [0.4, 0.5) is 5.95 Å². The van der Waals surface area contributed by atoms with Gasteiger partial charge in [-0.05, 0) is 45.1 Å². The van der Waals surface area contributed by atoms with Crippen molar-refractivity contribution in [1.29, 1.82) is 0 Å². The molecule has 2 aromatic heterocycles. The number of nitrogens with two attached hydrogens (primary N) is 1. The molecule has 1 saturated heterocycles. The molecule has 35 heavy (non-hydrogen) atoms. The Kier molecular flexibility index (Phi) is 7.24. The average Bonchev–Trinajstić information content (AvgIpc) is 3.21. The first kappa shape index (κ1) is 24.4. The highest BCUT2D eigenvalue weighted by atomic mass is 32.1. The lowest BCUT2D eigenvalue weighted by Gasteiger charge is -2.38. The first-order valence-corrected chi connectivity index (χ1v) is 13.3. The van der Waals surface area contributed by atoms with E-state index < -0.39 is 0 Å². The van der Waals surface area contributed by atoms with Gasteiger partial charge in [-0.15, -0.1) is 11.3 Å². The number of allylic oxidation sites excluding steroid dienone is 1. The maximum Gasteiger partial charge on any atom is 0.232 e. The fourth-order valence-electron chi connectivity index (χ4n) is 5.27. The number of aromatic nitrogens is 2. The van der Waals surface area contributed by atoms with E-state index in [0.29, 0.717) is 30.2 Å². The summed E-state index contributed by atoms with van der Waals surface area (Å²) in [4.78, 5) is 18.4. The minimum absolute atomic E-state index is 0.142. The number of nitrogens with zero attached hydrogens (tertiary/aromatic N) is 4. The lowest BCUT2D eigenvalue weighted by molar-refractivity contribution is -0.0379. The Balaban J connectivity index is 1.41. The molecule has 0 radical (unpaired) electrons. The van der Waals surface area contributed by atoms with Crippen LogP contribution in [0.5, 0.6) is 5.88 Å². The molecule has 1 saturated carbocycles. The molecule has 190 valence electrons. The molecule has 0 bridgehead atoms. The highest BCUT2D eigenvalue weighted by Gasteiger charge is 2.33. The number of hydrogen-bond donors (Lipinski definition) is 2. The van der Waals surface area contributed by atoms with Crippen LogP contribution in [0.3, 0.4) is 0 Å². The first-order chi connectivity index (χ1) is 17.0. The standard InChI is InChI=1S/C25H36N6O3S/c1-25(2)12-19-20(15-33-25)35-23-21(19)22(29-24(30-23)28-16(13-26)14-27-3)34-18-6-4-17(5-7-18)31-8-10-32-11-9-31/h13-14,17-18H,4-12,15,26H2,1-3H3,(H,28,29,30)/b16-13+,27-14?. The predicted octanol–water partition coefficient (Wildman–Crippen LogP) is 3.48. The van der Waals surface area contributed by atoms with Crippen molar-refractivity contribution in [2.24, 2.45) is 10.7 Å². The van der Waals surface area contributed by atoms with Crippen LogP contribution in [0.2, 0.25) is 0 Å². The molecule has 2 fully saturated rings. The fraction of sp³-hybridized carbons (Fsp3) is 0.640. The third kappa shape index (κ3) is 5.45. The smallest absolute Gasteiger partial charge is 0.232 e. The van der Waals surface area contributed by atoms with Crippen molar-refractivity contribution >= 4 is 33.7 Å². The lowest BCUT2D eigenvalue weighted by Crippen LogP contribution is -2.46. The molecule has 0 amide bonds. The van der Waals surface area contributed by atoms with Gasteiger partial charge in [-0.25, -0.2) is 4.98 Å². The second-order valence-corrected chi connectivity index (χ2v) is 11.2. The second kappa shape index (κ2) is 10.4. The van der Waals surface area contributed by atoms with E-state index in [1.165, 1.54) is 16.6 Å². The van der Waals surface area contributed by atoms with E-state index in [9.17, 15) is 0 Å². The Hall–Kier alpha value is -2.27. The fourth-order valence-corrected chi connectivity index (χ4v) is 6.36. The molecule has 2 aliphatic heterocycles. The summed E-state index contributed by atoms with van der Waals surface area (Å²) in [5.74, 6) is 1.12. The van der Waals surface area contributed by atoms with E-state index in [1.54, 1.807) is 24.6 Å². The van der Waals surface area contributed by atoms with Crippen LogP contribution in [-0.2, 0) is 22.5 Å². The van der Waals surface area contributed by atoms with Gasteiger partial charge < -0.3 is 25.3 Å². The van der Waals surface area contributed by atoms with Crippen LogP contribution in [0.15, 0.2) is 16.9 Å². The molecular formula is C25H36N6O3S. The number of ether oxygens (including phenoxy) is 3. The van der Waals surface area contributed by atoms with Crippen molar-refractivity contribution in [3.63, 3.8) is 0 Å². The summed E-state index contributed by atoms with van der Waals surface area (Å²) in [5, 5.41) is 4.22. The summed E-state index contributed by atoms with van der Waals surface area (Å²) >= 11 is 1.66. The third-order valence-corrected chi connectivity index (χ3v) is 8.18. The highest BCUT2D eigenvalue weighted by Crippen LogP contribution is 2.43. The molecule has 4 heterocycles. The number of thiophene rings is 1. The van der Waals surface area contributed by atoms with Crippen LogP contribution in [0, 0.1) is 0 Å². The molecule has 10 heteroatoms. The van der Waals surface area contributed by atoms with Gasteiger partial charge in [0.05, 0.1) is 36.5 Å². The number of fused-ring (bicyclic) bond motifs is 3. The minimum Gasteiger partial charge on any atom is -0.474 e. The quantitative estimate of drug-likeness (QED) is 0.581. The van der Waals surface area contributed by atoms with E-state index in [0.717, 1.165) is 68.6 Å². The minimum atomic E-state index is -0.224. The Morgan fingerprint density at radius 3 is 2.71 bits per heavy atom. The summed E-state index contributed by atoms with van der Waals surface area (Å²) in [6, 6.07) is 0.624. The van der Waals surface area contributed by atoms with Crippen LogP contribution >= 0.6 is 11.3 Å². The number of anilines is 1. The van der Waals surface area contributed by atoms with E-state index in [2.05, 4.69) is 29.1 Å². The number of aliphatic imine (C=N–C) groups is 1. The molecule has 0 aromatic carbocycles. The molecule has 1 aliphatic carbocycles. The normalized spacial score (nSPS) is 25.6. The molecule has 9 nitrogen and oxygen atoms in total. The zero-order valence-corrected chi connectivity index (χ0v) is 21.7. The molecule has 5 rings (SSSR count). The summed E-state index contributed by atoms with van der Waals surface area (Å²) in [7, 11) is 1.70. The predicted molar refractivity (Wildman–Crippen MR) is 139 cm³/mol. The molecular weight excluding hydrogens is 464 g/mol. The molecule has 0 unspecified atom stereocenters. The van der Waals surface area contributed by atoms with Gasteiger partial charge in [0.1, 0.15) is 10.9 Å². The van der Waals surface area contributed by atoms with Crippen LogP contribution in [0.1, 0.15) is 50.0 Å².